The molecule has 0 radical (unpaired) electrons. The van der Waals surface area contributed by atoms with Gasteiger partial charge in [0.2, 0.25) is 0 Å². The average molecular weight is 966 g/mol. The largest absolute Gasteiger partial charge is 0.462 e. The van der Waals surface area contributed by atoms with Gasteiger partial charge in [-0.2, -0.15) is 0 Å². The number of carbonyl (C=O) groups is 3. The monoisotopic (exact) mass is 965 g/mol. The number of hydrogen-bond donors (Lipinski definition) is 0. The number of unbranched alkanes of at least 4 members (excludes halogenated alkanes) is 33. The molecule has 0 aliphatic carbocycles. The van der Waals surface area contributed by atoms with Crippen molar-refractivity contribution < 1.29 is 28.6 Å². The molecule has 0 aliphatic heterocycles. The highest BCUT2D eigenvalue weighted by molar-refractivity contribution is 5.71. The molecule has 400 valence electrons. The molecule has 0 unspecified atom stereocenters. The number of ether oxygens (including phenoxy) is 3. The van der Waals surface area contributed by atoms with E-state index in [0.717, 1.165) is 89.9 Å². The lowest BCUT2D eigenvalue weighted by atomic mass is 10.0. The predicted octanol–water partition coefficient (Wildman–Crippen LogP) is 20.0. The molecule has 69 heavy (non-hydrogen) atoms. The molecule has 1 atom stereocenters. The highest BCUT2D eigenvalue weighted by atomic mass is 16.6. The molecule has 0 amide bonds. The van der Waals surface area contributed by atoms with Gasteiger partial charge < -0.3 is 14.2 Å². The van der Waals surface area contributed by atoms with Gasteiger partial charge in [-0.1, -0.05) is 261 Å². The van der Waals surface area contributed by atoms with E-state index in [1.165, 1.54) is 173 Å². The van der Waals surface area contributed by atoms with Crippen molar-refractivity contribution >= 4 is 17.9 Å². The fourth-order valence-electron chi connectivity index (χ4n) is 8.55. The van der Waals surface area contributed by atoms with Crippen LogP contribution in [0.3, 0.4) is 0 Å². The Morgan fingerprint density at radius 3 is 0.928 bits per heavy atom. The zero-order valence-electron chi connectivity index (χ0n) is 45.8. The fourth-order valence-corrected chi connectivity index (χ4v) is 8.55. The van der Waals surface area contributed by atoms with Gasteiger partial charge in [-0.3, -0.25) is 14.4 Å². The second-order valence-corrected chi connectivity index (χ2v) is 19.9. The topological polar surface area (TPSA) is 78.9 Å². The standard InChI is InChI=1S/C63H112O6/c1-4-7-10-13-16-19-22-25-28-29-30-31-32-33-36-39-42-45-48-51-54-57-63(66)69-60(58-67-61(64)55-52-49-46-43-40-37-34-26-23-20-17-14-11-8-5-2)59-68-62(65)56-53-50-47-44-41-38-35-27-24-21-18-15-12-9-6-3/h8,11,17,20,26-27,34-35,40,43,60H,4-7,9-10,12-16,18-19,21-25,28-33,36-39,41-42,44-59H2,1-3H3/b11-8-,20-17-,34-26-,35-27-,43-40-/t60-/m1/s1. The molecule has 0 saturated heterocycles. The van der Waals surface area contributed by atoms with Crippen molar-refractivity contribution in [3.63, 3.8) is 0 Å². The van der Waals surface area contributed by atoms with Crippen LogP contribution in [0.15, 0.2) is 60.8 Å². The van der Waals surface area contributed by atoms with Crippen LogP contribution < -0.4 is 0 Å². The molecule has 0 aromatic rings. The Hall–Kier alpha value is -2.89. The van der Waals surface area contributed by atoms with Crippen molar-refractivity contribution in [2.45, 2.75) is 309 Å². The zero-order chi connectivity index (χ0) is 50.0. The molecule has 0 rings (SSSR count). The maximum absolute atomic E-state index is 12.9. The third kappa shape index (κ3) is 55.9. The van der Waals surface area contributed by atoms with Crippen LogP contribution in [0.2, 0.25) is 0 Å². The Morgan fingerprint density at radius 1 is 0.304 bits per heavy atom. The van der Waals surface area contributed by atoms with Crippen LogP contribution in [0, 0.1) is 0 Å². The van der Waals surface area contributed by atoms with Gasteiger partial charge >= 0.3 is 17.9 Å². The zero-order valence-corrected chi connectivity index (χ0v) is 45.8. The number of hydrogen-bond acceptors (Lipinski definition) is 6. The summed E-state index contributed by atoms with van der Waals surface area (Å²) in [5, 5.41) is 0. The van der Waals surface area contributed by atoms with Gasteiger partial charge in [-0.05, 0) is 83.5 Å². The number of carbonyl (C=O) groups excluding carboxylic acids is 3. The van der Waals surface area contributed by atoms with Gasteiger partial charge in [-0.25, -0.2) is 0 Å². The summed E-state index contributed by atoms with van der Waals surface area (Å²) in [4.78, 5) is 38.2. The lowest BCUT2D eigenvalue weighted by Crippen LogP contribution is -2.30. The van der Waals surface area contributed by atoms with Crippen LogP contribution in [0.5, 0.6) is 0 Å². The van der Waals surface area contributed by atoms with Crippen LogP contribution in [0.25, 0.3) is 0 Å². The van der Waals surface area contributed by atoms with E-state index in [1.54, 1.807) is 0 Å². The molecule has 6 heteroatoms. The first-order chi connectivity index (χ1) is 34.0. The number of esters is 3. The molecular formula is C63H112O6. The highest BCUT2D eigenvalue weighted by Gasteiger charge is 2.19. The van der Waals surface area contributed by atoms with Crippen LogP contribution in [0.4, 0.5) is 0 Å². The van der Waals surface area contributed by atoms with E-state index in [9.17, 15) is 14.4 Å². The predicted molar refractivity (Wildman–Crippen MR) is 298 cm³/mol. The summed E-state index contributed by atoms with van der Waals surface area (Å²) in [7, 11) is 0. The van der Waals surface area contributed by atoms with Crippen molar-refractivity contribution in [2.75, 3.05) is 13.2 Å². The van der Waals surface area contributed by atoms with Gasteiger partial charge in [0.1, 0.15) is 13.2 Å². The normalized spacial score (nSPS) is 12.4. The van der Waals surface area contributed by atoms with Gasteiger partial charge in [0.15, 0.2) is 6.10 Å². The Morgan fingerprint density at radius 2 is 0.565 bits per heavy atom. The lowest BCUT2D eigenvalue weighted by Gasteiger charge is -2.18. The molecule has 0 spiro atoms. The van der Waals surface area contributed by atoms with E-state index in [2.05, 4.69) is 81.5 Å². The molecular weight excluding hydrogens is 853 g/mol. The van der Waals surface area contributed by atoms with E-state index in [-0.39, 0.29) is 31.1 Å². The molecule has 0 aromatic heterocycles. The molecule has 6 nitrogen and oxygen atoms in total. The quantitative estimate of drug-likeness (QED) is 0.0262. The van der Waals surface area contributed by atoms with Crippen LogP contribution >= 0.6 is 0 Å². The summed E-state index contributed by atoms with van der Waals surface area (Å²) in [5.74, 6) is -0.926. The Kier molecular flexibility index (Phi) is 55.3. The fraction of sp³-hybridized carbons (Fsp3) is 0.794. The summed E-state index contributed by atoms with van der Waals surface area (Å²) in [6, 6.07) is 0. The van der Waals surface area contributed by atoms with E-state index < -0.39 is 6.10 Å². The van der Waals surface area contributed by atoms with Gasteiger partial charge in [0.05, 0.1) is 0 Å². The van der Waals surface area contributed by atoms with Crippen molar-refractivity contribution in [1.82, 2.24) is 0 Å². The minimum atomic E-state index is -0.793. The second-order valence-electron chi connectivity index (χ2n) is 19.9. The Labute approximate surface area is 428 Å². The van der Waals surface area contributed by atoms with Crippen molar-refractivity contribution in [2.24, 2.45) is 0 Å². The van der Waals surface area contributed by atoms with Crippen molar-refractivity contribution in [1.29, 1.82) is 0 Å². The van der Waals surface area contributed by atoms with Crippen molar-refractivity contribution in [3.8, 4) is 0 Å². The number of rotatable bonds is 54. The summed E-state index contributed by atoms with van der Waals surface area (Å²) in [6.07, 6.45) is 72.2. The minimum Gasteiger partial charge on any atom is -0.462 e. The minimum absolute atomic E-state index is 0.0892. The molecule has 0 aliphatic rings. The highest BCUT2D eigenvalue weighted by Crippen LogP contribution is 2.17. The maximum Gasteiger partial charge on any atom is 0.306 e. The number of allylic oxidation sites excluding steroid dienone is 10. The Balaban J connectivity index is 4.38. The third-order valence-corrected chi connectivity index (χ3v) is 13.0. The molecule has 0 N–H and O–H groups in total. The first kappa shape index (κ1) is 66.1. The van der Waals surface area contributed by atoms with E-state index in [1.807, 2.05) is 0 Å². The molecule has 0 heterocycles. The van der Waals surface area contributed by atoms with Crippen LogP contribution in [-0.4, -0.2) is 37.2 Å². The van der Waals surface area contributed by atoms with Crippen molar-refractivity contribution in [3.05, 3.63) is 60.8 Å². The second kappa shape index (κ2) is 57.7. The average Bonchev–Trinajstić information content (AvgIpc) is 3.35. The molecule has 0 bridgehead atoms. The summed E-state index contributed by atoms with van der Waals surface area (Å²) in [6.45, 7) is 6.51. The van der Waals surface area contributed by atoms with Crippen LogP contribution in [0.1, 0.15) is 303 Å². The SMILES string of the molecule is CC/C=C\C/C=C\C/C=C\C/C=C\CCCCC(=O)OC[C@H](COC(=O)CCCCCCC/C=C\CCCCCCCC)OC(=O)CCCCCCCCCCCCCCCCCCCCCCC. The van der Waals surface area contributed by atoms with Gasteiger partial charge in [0, 0.05) is 19.3 Å². The van der Waals surface area contributed by atoms with Gasteiger partial charge in [-0.15, -0.1) is 0 Å². The van der Waals surface area contributed by atoms with E-state index in [4.69, 9.17) is 14.2 Å². The first-order valence-corrected chi connectivity index (χ1v) is 29.8. The van der Waals surface area contributed by atoms with Gasteiger partial charge in [0.25, 0.3) is 0 Å². The molecule has 0 saturated carbocycles. The lowest BCUT2D eigenvalue weighted by molar-refractivity contribution is -0.167. The van der Waals surface area contributed by atoms with E-state index >= 15 is 0 Å². The van der Waals surface area contributed by atoms with Crippen LogP contribution in [-0.2, 0) is 28.6 Å². The summed E-state index contributed by atoms with van der Waals surface area (Å²) in [5.41, 5.74) is 0. The van der Waals surface area contributed by atoms with E-state index in [0.29, 0.717) is 19.3 Å². The summed E-state index contributed by atoms with van der Waals surface area (Å²) < 4.78 is 16.8. The summed E-state index contributed by atoms with van der Waals surface area (Å²) >= 11 is 0. The smallest absolute Gasteiger partial charge is 0.306 e. The molecule has 0 aromatic carbocycles. The third-order valence-electron chi connectivity index (χ3n) is 13.0. The molecule has 0 fully saturated rings. The Bertz CT molecular complexity index is 1250. The first-order valence-electron chi connectivity index (χ1n) is 29.8. The maximum atomic E-state index is 12.9.